The fraction of sp³-hybridized carbons (Fsp3) is 0.182. The minimum atomic E-state index is -4.78. The maximum absolute atomic E-state index is 13.3. The molecule has 2 heterocycles. The normalized spacial score (nSPS) is 13.7. The second-order valence-electron chi connectivity index (χ2n) is 7.40. The van der Waals surface area contributed by atoms with Crippen molar-refractivity contribution in [2.75, 3.05) is 16.8 Å². The second kappa shape index (κ2) is 9.14. The Labute approximate surface area is 197 Å². The van der Waals surface area contributed by atoms with E-state index in [1.807, 2.05) is 4.90 Å². The molecule has 176 valence electrons. The van der Waals surface area contributed by atoms with Gasteiger partial charge < -0.3 is 15.4 Å². The smallest absolute Gasteiger partial charge is 0.391 e. The number of halogens is 3. The molecule has 2 aromatic carbocycles. The Kier molecular flexibility index (Phi) is 6.24. The number of nitrogens with one attached hydrogen (secondary N) is 1. The zero-order valence-electron chi connectivity index (χ0n) is 17.5. The minimum Gasteiger partial charge on any atom is -0.391 e. The molecular weight excluding hydrogens is 471 g/mol. The molecule has 1 aliphatic rings. The topological polar surface area (TPSA) is 102 Å². The first-order chi connectivity index (χ1) is 16.1. The number of nitrogens with zero attached hydrogens (tertiary/aromatic N) is 3. The number of alkyl halides is 3. The van der Waals surface area contributed by atoms with E-state index >= 15 is 0 Å². The first kappa shape index (κ1) is 23.2. The lowest BCUT2D eigenvalue weighted by atomic mass is 10.2. The van der Waals surface area contributed by atoms with E-state index in [2.05, 4.69) is 10.4 Å². The highest BCUT2D eigenvalue weighted by molar-refractivity contribution is 7.80. The summed E-state index contributed by atoms with van der Waals surface area (Å²) in [7, 11) is 0. The molecule has 0 atom stereocenters. The van der Waals surface area contributed by atoms with Crippen LogP contribution in [0.3, 0.4) is 0 Å². The highest BCUT2D eigenvalue weighted by atomic mass is 32.1. The minimum absolute atomic E-state index is 0.0505. The first-order valence-electron chi connectivity index (χ1n) is 10.1. The summed E-state index contributed by atoms with van der Waals surface area (Å²) in [6, 6.07) is 12.8. The molecule has 12 heteroatoms. The second-order valence-corrected chi connectivity index (χ2v) is 7.87. The van der Waals surface area contributed by atoms with Gasteiger partial charge in [0.25, 0.3) is 0 Å². The molecule has 1 fully saturated rings. The van der Waals surface area contributed by atoms with Crippen LogP contribution in [0.4, 0.5) is 29.3 Å². The van der Waals surface area contributed by atoms with Crippen LogP contribution in [0.25, 0.3) is 5.69 Å². The van der Waals surface area contributed by atoms with Gasteiger partial charge in [-0.1, -0.05) is 18.3 Å². The number of carbonyl (C=O) groups is 2. The van der Waals surface area contributed by atoms with E-state index in [1.54, 1.807) is 24.3 Å². The van der Waals surface area contributed by atoms with E-state index in [9.17, 15) is 22.8 Å². The van der Waals surface area contributed by atoms with Crippen molar-refractivity contribution in [3.05, 3.63) is 65.9 Å². The van der Waals surface area contributed by atoms with Crippen LogP contribution in [0.2, 0.25) is 0 Å². The highest BCUT2D eigenvalue weighted by Crippen LogP contribution is 2.32. The molecule has 1 saturated heterocycles. The average molecular weight is 489 g/mol. The summed E-state index contributed by atoms with van der Waals surface area (Å²) >= 11 is 5.32. The standard InChI is InChI=1S/C22H18F3N5O3S/c23-22(24,25)17-12-18(30(28-17)16-4-1-3-13(11-16)20(26)31)33-21(32)27-14-6-8-15(9-7-14)29-10-2-5-19(29)34/h1,3-4,6-9,11-12H,2,5,10H2,(H2,26,31)(H,27,32). The Morgan fingerprint density at radius 2 is 1.82 bits per heavy atom. The van der Waals surface area contributed by atoms with Crippen molar-refractivity contribution in [2.24, 2.45) is 5.73 Å². The molecule has 2 amide bonds. The van der Waals surface area contributed by atoms with Gasteiger partial charge in [0.05, 0.1) is 10.7 Å². The summed E-state index contributed by atoms with van der Waals surface area (Å²) in [6.45, 7) is 0.816. The summed E-state index contributed by atoms with van der Waals surface area (Å²) in [5, 5.41) is 5.96. The van der Waals surface area contributed by atoms with Gasteiger partial charge in [-0.2, -0.15) is 23.0 Å². The van der Waals surface area contributed by atoms with Crippen molar-refractivity contribution >= 4 is 40.6 Å². The van der Waals surface area contributed by atoms with E-state index in [0.717, 1.165) is 34.7 Å². The van der Waals surface area contributed by atoms with Crippen LogP contribution in [0.15, 0.2) is 54.6 Å². The predicted molar refractivity (Wildman–Crippen MR) is 122 cm³/mol. The number of hydrogen-bond donors (Lipinski definition) is 2. The molecule has 0 unspecified atom stereocenters. The van der Waals surface area contributed by atoms with Crippen LogP contribution in [-0.2, 0) is 6.18 Å². The molecule has 4 rings (SSSR count). The predicted octanol–water partition coefficient (Wildman–Crippen LogP) is 4.53. The molecule has 0 aliphatic carbocycles. The molecule has 8 nitrogen and oxygen atoms in total. The van der Waals surface area contributed by atoms with E-state index < -0.39 is 29.8 Å². The average Bonchev–Trinajstić information content (AvgIpc) is 3.40. The number of aromatic nitrogens is 2. The number of primary amides is 1. The number of hydrogen-bond acceptors (Lipinski definition) is 5. The van der Waals surface area contributed by atoms with Crippen molar-refractivity contribution < 1.29 is 27.5 Å². The number of rotatable bonds is 5. The third-order valence-corrected chi connectivity index (χ3v) is 5.46. The van der Waals surface area contributed by atoms with Crippen LogP contribution < -0.4 is 20.7 Å². The van der Waals surface area contributed by atoms with Gasteiger partial charge in [-0.05, 0) is 55.3 Å². The molecule has 34 heavy (non-hydrogen) atoms. The Hall–Kier alpha value is -3.93. The van der Waals surface area contributed by atoms with Gasteiger partial charge in [0.2, 0.25) is 11.8 Å². The largest absolute Gasteiger partial charge is 0.435 e. The van der Waals surface area contributed by atoms with Crippen molar-refractivity contribution in [1.29, 1.82) is 0 Å². The van der Waals surface area contributed by atoms with Gasteiger partial charge >= 0.3 is 12.3 Å². The SMILES string of the molecule is NC(=O)c1cccc(-n2nc(C(F)(F)F)cc2OC(=O)Nc2ccc(N3CCCC3=S)cc2)c1. The maximum atomic E-state index is 13.3. The Balaban J connectivity index is 1.55. The quantitative estimate of drug-likeness (QED) is 0.511. The summed E-state index contributed by atoms with van der Waals surface area (Å²) in [6.07, 6.45) is -3.99. The number of anilines is 2. The van der Waals surface area contributed by atoms with E-state index in [-0.39, 0.29) is 11.3 Å². The Morgan fingerprint density at radius 1 is 1.09 bits per heavy atom. The summed E-state index contributed by atoms with van der Waals surface area (Å²) < 4.78 is 45.7. The van der Waals surface area contributed by atoms with Gasteiger partial charge in [0.15, 0.2) is 5.69 Å². The molecule has 1 aliphatic heterocycles. The number of thiocarbonyl (C=S) groups is 1. The summed E-state index contributed by atoms with van der Waals surface area (Å²) in [4.78, 5) is 26.7. The van der Waals surface area contributed by atoms with Crippen LogP contribution in [0.5, 0.6) is 5.88 Å². The van der Waals surface area contributed by atoms with Crippen molar-refractivity contribution in [1.82, 2.24) is 9.78 Å². The maximum Gasteiger partial charge on any atom is 0.435 e. The van der Waals surface area contributed by atoms with E-state index in [0.29, 0.717) is 11.8 Å². The number of nitrogens with two attached hydrogens (primary N) is 1. The lowest BCUT2D eigenvalue weighted by molar-refractivity contribution is -0.141. The third kappa shape index (κ3) is 5.01. The molecule has 0 bridgehead atoms. The molecule has 0 spiro atoms. The van der Waals surface area contributed by atoms with Crippen LogP contribution in [0.1, 0.15) is 28.9 Å². The number of ether oxygens (including phenoxy) is 1. The molecular formula is C22H18F3N5O3S. The van der Waals surface area contributed by atoms with Gasteiger partial charge in [-0.25, -0.2) is 4.79 Å². The molecule has 1 aromatic heterocycles. The zero-order valence-corrected chi connectivity index (χ0v) is 18.3. The molecule has 0 saturated carbocycles. The number of carbonyl (C=O) groups excluding carboxylic acids is 2. The zero-order chi connectivity index (χ0) is 24.5. The Morgan fingerprint density at radius 3 is 2.44 bits per heavy atom. The lowest BCUT2D eigenvalue weighted by Gasteiger charge is -2.18. The van der Waals surface area contributed by atoms with Crippen molar-refractivity contribution in [3.8, 4) is 11.6 Å². The highest BCUT2D eigenvalue weighted by Gasteiger charge is 2.36. The monoisotopic (exact) mass is 489 g/mol. The third-order valence-electron chi connectivity index (χ3n) is 5.04. The van der Waals surface area contributed by atoms with E-state index in [1.165, 1.54) is 24.3 Å². The van der Waals surface area contributed by atoms with E-state index in [4.69, 9.17) is 22.7 Å². The van der Waals surface area contributed by atoms with Gasteiger partial charge in [-0.3, -0.25) is 10.1 Å². The van der Waals surface area contributed by atoms with Crippen LogP contribution in [0, 0.1) is 0 Å². The summed E-state index contributed by atoms with van der Waals surface area (Å²) in [5.41, 5.74) is 5.33. The molecule has 3 aromatic rings. The van der Waals surface area contributed by atoms with Crippen LogP contribution >= 0.6 is 12.2 Å². The fourth-order valence-corrected chi connectivity index (χ4v) is 3.78. The molecule has 3 N–H and O–H groups in total. The summed E-state index contributed by atoms with van der Waals surface area (Å²) in [5.74, 6) is -1.27. The van der Waals surface area contributed by atoms with Gasteiger partial charge in [0.1, 0.15) is 0 Å². The van der Waals surface area contributed by atoms with Crippen molar-refractivity contribution in [3.63, 3.8) is 0 Å². The van der Waals surface area contributed by atoms with Gasteiger partial charge in [-0.15, -0.1) is 0 Å². The molecule has 0 radical (unpaired) electrons. The number of amides is 2. The lowest BCUT2D eigenvalue weighted by Crippen LogP contribution is -2.22. The Bertz CT molecular complexity index is 1260. The van der Waals surface area contributed by atoms with Gasteiger partial charge in [0, 0.05) is 29.5 Å². The van der Waals surface area contributed by atoms with Crippen LogP contribution in [-0.4, -0.2) is 33.3 Å². The number of benzene rings is 2. The fourth-order valence-electron chi connectivity index (χ4n) is 3.44. The van der Waals surface area contributed by atoms with Crippen molar-refractivity contribution in [2.45, 2.75) is 19.0 Å². The first-order valence-corrected chi connectivity index (χ1v) is 10.5.